The van der Waals surface area contributed by atoms with Gasteiger partial charge in [0.1, 0.15) is 22.7 Å². The number of aromatic nitrogens is 3. The Balaban J connectivity index is 1.40. The van der Waals surface area contributed by atoms with Crippen molar-refractivity contribution in [3.05, 3.63) is 107 Å². The molecule has 0 saturated carbocycles. The molecule has 0 aliphatic heterocycles. The molecule has 0 saturated heterocycles. The number of fused-ring (bicyclic) bond motifs is 1. The maximum absolute atomic E-state index is 13.1. The van der Waals surface area contributed by atoms with Crippen molar-refractivity contribution < 1.29 is 14.3 Å². The molecule has 10 heteroatoms. The monoisotopic (exact) mass is 498 g/mol. The standard InChI is InChI=1S/C27H23FN6O3/c28-17-9-11-18(12-10-17)31-27(37)33-21-8-4-7-20-24(21)34-25(32-20)23-19(13-14-29-26(23)36)30-15-22(35)16-5-2-1-3-6-16/h1-14,22,35H,15H2,(H,32,34)(H2,29,30,36)(H2,31,33,37). The number of hydrogen-bond donors (Lipinski definition) is 6. The molecule has 0 aliphatic rings. The molecule has 37 heavy (non-hydrogen) atoms. The summed E-state index contributed by atoms with van der Waals surface area (Å²) in [6.45, 7) is 0.178. The number of carbonyl (C=O) groups is 1. The Bertz CT molecular complexity index is 1600. The van der Waals surface area contributed by atoms with Gasteiger partial charge in [-0.2, -0.15) is 0 Å². The van der Waals surface area contributed by atoms with Gasteiger partial charge in [-0.3, -0.25) is 4.79 Å². The van der Waals surface area contributed by atoms with Gasteiger partial charge in [-0.05, 0) is 48.0 Å². The molecule has 3 aromatic carbocycles. The second-order valence-electron chi connectivity index (χ2n) is 8.28. The Morgan fingerprint density at radius 2 is 1.73 bits per heavy atom. The molecule has 1 atom stereocenters. The lowest BCUT2D eigenvalue weighted by Gasteiger charge is -2.14. The Morgan fingerprint density at radius 3 is 2.51 bits per heavy atom. The molecule has 0 spiro atoms. The topological polar surface area (TPSA) is 135 Å². The number of nitrogens with zero attached hydrogens (tertiary/aromatic N) is 1. The number of halogens is 1. The first-order valence-corrected chi connectivity index (χ1v) is 11.5. The van der Waals surface area contributed by atoms with Gasteiger partial charge in [0.25, 0.3) is 5.56 Å². The Kier molecular flexibility index (Phi) is 6.64. The van der Waals surface area contributed by atoms with E-state index in [0.29, 0.717) is 33.9 Å². The summed E-state index contributed by atoms with van der Waals surface area (Å²) < 4.78 is 13.1. The van der Waals surface area contributed by atoms with Crippen LogP contribution in [0.2, 0.25) is 0 Å². The lowest BCUT2D eigenvalue weighted by molar-refractivity contribution is 0.191. The summed E-state index contributed by atoms with van der Waals surface area (Å²) in [6, 6.07) is 21.0. The maximum atomic E-state index is 13.1. The molecule has 5 rings (SSSR count). The van der Waals surface area contributed by atoms with Gasteiger partial charge in [-0.15, -0.1) is 0 Å². The number of nitrogens with one attached hydrogen (secondary N) is 5. The third-order valence-electron chi connectivity index (χ3n) is 5.73. The molecule has 9 nitrogen and oxygen atoms in total. The van der Waals surface area contributed by atoms with E-state index in [4.69, 9.17) is 0 Å². The zero-order chi connectivity index (χ0) is 25.8. The van der Waals surface area contributed by atoms with Crippen LogP contribution >= 0.6 is 0 Å². The van der Waals surface area contributed by atoms with E-state index in [-0.39, 0.29) is 17.7 Å². The van der Waals surface area contributed by atoms with Crippen LogP contribution in [-0.4, -0.2) is 32.6 Å². The van der Waals surface area contributed by atoms with Crippen molar-refractivity contribution in [3.8, 4) is 11.4 Å². The molecule has 0 fully saturated rings. The minimum Gasteiger partial charge on any atom is -0.387 e. The van der Waals surface area contributed by atoms with Crippen LogP contribution in [0.5, 0.6) is 0 Å². The van der Waals surface area contributed by atoms with E-state index in [0.717, 1.165) is 5.56 Å². The van der Waals surface area contributed by atoms with Gasteiger partial charge < -0.3 is 31.0 Å². The molecule has 0 aliphatic carbocycles. The lowest BCUT2D eigenvalue weighted by atomic mass is 10.1. The number of anilines is 3. The van der Waals surface area contributed by atoms with Crippen LogP contribution in [0.15, 0.2) is 89.9 Å². The fourth-order valence-electron chi connectivity index (χ4n) is 3.93. The molecular formula is C27H23FN6O3. The highest BCUT2D eigenvalue weighted by molar-refractivity contribution is 6.05. The van der Waals surface area contributed by atoms with Crippen molar-refractivity contribution in [2.45, 2.75) is 6.10 Å². The number of aliphatic hydroxyl groups is 1. The number of H-pyrrole nitrogens is 2. The van der Waals surface area contributed by atoms with Gasteiger partial charge in [-0.1, -0.05) is 36.4 Å². The summed E-state index contributed by atoms with van der Waals surface area (Å²) in [5.41, 5.74) is 3.03. The summed E-state index contributed by atoms with van der Waals surface area (Å²) in [5, 5.41) is 19.0. The number of imidazole rings is 1. The van der Waals surface area contributed by atoms with E-state index in [2.05, 4.69) is 30.9 Å². The zero-order valence-corrected chi connectivity index (χ0v) is 19.5. The summed E-state index contributed by atoms with van der Waals surface area (Å²) >= 11 is 0. The van der Waals surface area contributed by atoms with E-state index in [1.807, 2.05) is 30.3 Å². The SMILES string of the molecule is O=C(Nc1ccc(F)cc1)Nc1cccc2[nH]c(-c3c(NCC(O)c4ccccc4)cc[nH]c3=O)nc12. The van der Waals surface area contributed by atoms with Crippen LogP contribution in [0.4, 0.5) is 26.2 Å². The molecule has 6 N–H and O–H groups in total. The summed E-state index contributed by atoms with van der Waals surface area (Å²) in [6.07, 6.45) is 0.734. The van der Waals surface area contributed by atoms with Crippen LogP contribution < -0.4 is 21.5 Å². The number of hydrogen-bond acceptors (Lipinski definition) is 5. The molecule has 2 amide bonds. The van der Waals surface area contributed by atoms with Crippen LogP contribution in [0.1, 0.15) is 11.7 Å². The second kappa shape index (κ2) is 10.3. The van der Waals surface area contributed by atoms with Crippen molar-refractivity contribution >= 4 is 34.1 Å². The van der Waals surface area contributed by atoms with E-state index in [1.54, 1.807) is 24.3 Å². The van der Waals surface area contributed by atoms with Gasteiger partial charge in [0.05, 0.1) is 23.0 Å². The molecule has 2 heterocycles. The zero-order valence-electron chi connectivity index (χ0n) is 19.5. The highest BCUT2D eigenvalue weighted by atomic mass is 19.1. The molecule has 0 radical (unpaired) electrons. The van der Waals surface area contributed by atoms with Crippen molar-refractivity contribution in [1.29, 1.82) is 0 Å². The van der Waals surface area contributed by atoms with Crippen LogP contribution in [0.25, 0.3) is 22.4 Å². The van der Waals surface area contributed by atoms with Crippen LogP contribution in [-0.2, 0) is 0 Å². The predicted molar refractivity (Wildman–Crippen MR) is 141 cm³/mol. The van der Waals surface area contributed by atoms with Gasteiger partial charge in [0.15, 0.2) is 0 Å². The third-order valence-corrected chi connectivity index (χ3v) is 5.73. The number of carbonyl (C=O) groups excluding carboxylic acids is 1. The highest BCUT2D eigenvalue weighted by Gasteiger charge is 2.17. The van der Waals surface area contributed by atoms with E-state index >= 15 is 0 Å². The van der Waals surface area contributed by atoms with E-state index in [9.17, 15) is 19.1 Å². The number of amides is 2. The largest absolute Gasteiger partial charge is 0.387 e. The number of pyridine rings is 1. The minimum atomic E-state index is -0.778. The molecule has 186 valence electrons. The average molecular weight is 499 g/mol. The van der Waals surface area contributed by atoms with Gasteiger partial charge in [-0.25, -0.2) is 14.2 Å². The minimum absolute atomic E-state index is 0.178. The van der Waals surface area contributed by atoms with Crippen molar-refractivity contribution in [2.75, 3.05) is 22.5 Å². The van der Waals surface area contributed by atoms with Gasteiger partial charge in [0.2, 0.25) is 0 Å². The normalized spacial score (nSPS) is 11.7. The van der Waals surface area contributed by atoms with Crippen molar-refractivity contribution in [1.82, 2.24) is 15.0 Å². The first-order valence-electron chi connectivity index (χ1n) is 11.5. The maximum Gasteiger partial charge on any atom is 0.323 e. The summed E-state index contributed by atoms with van der Waals surface area (Å²) in [5.74, 6) is -0.110. The molecule has 1 unspecified atom stereocenters. The molecule has 0 bridgehead atoms. The van der Waals surface area contributed by atoms with Crippen molar-refractivity contribution in [3.63, 3.8) is 0 Å². The predicted octanol–water partition coefficient (Wildman–Crippen LogP) is 4.85. The van der Waals surface area contributed by atoms with E-state index in [1.165, 1.54) is 30.5 Å². The first kappa shape index (κ1) is 23.8. The Labute approximate surface area is 210 Å². The quantitative estimate of drug-likeness (QED) is 0.191. The fourth-order valence-corrected chi connectivity index (χ4v) is 3.93. The second-order valence-corrected chi connectivity index (χ2v) is 8.28. The summed E-state index contributed by atoms with van der Waals surface area (Å²) in [7, 11) is 0. The fraction of sp³-hybridized carbons (Fsp3) is 0.0741. The lowest BCUT2D eigenvalue weighted by Crippen LogP contribution is -2.19. The molecule has 2 aromatic heterocycles. The number of benzene rings is 3. The van der Waals surface area contributed by atoms with Crippen LogP contribution in [0.3, 0.4) is 0 Å². The number of aromatic amines is 2. The summed E-state index contributed by atoms with van der Waals surface area (Å²) in [4.78, 5) is 35.7. The molecular weight excluding hydrogens is 475 g/mol. The number of para-hydroxylation sites is 1. The molecule has 5 aromatic rings. The highest BCUT2D eigenvalue weighted by Crippen LogP contribution is 2.28. The third kappa shape index (κ3) is 5.34. The first-order chi connectivity index (χ1) is 18.0. The van der Waals surface area contributed by atoms with Gasteiger partial charge >= 0.3 is 6.03 Å². The number of urea groups is 1. The van der Waals surface area contributed by atoms with Gasteiger partial charge in [0, 0.05) is 18.4 Å². The number of rotatable bonds is 7. The van der Waals surface area contributed by atoms with Crippen molar-refractivity contribution in [2.24, 2.45) is 0 Å². The smallest absolute Gasteiger partial charge is 0.323 e. The van der Waals surface area contributed by atoms with E-state index < -0.39 is 18.0 Å². The number of aliphatic hydroxyl groups excluding tert-OH is 1. The average Bonchev–Trinajstić information content (AvgIpc) is 3.34. The van der Waals surface area contributed by atoms with Crippen LogP contribution in [0, 0.1) is 5.82 Å². The Hall–Kier alpha value is -4.96. The Morgan fingerprint density at radius 1 is 0.946 bits per heavy atom.